The molecule has 0 aromatic rings. The third-order valence-electron chi connectivity index (χ3n) is 1.82. The maximum absolute atomic E-state index is 11.5. The Kier molecular flexibility index (Phi) is 2.80. The fourth-order valence-corrected chi connectivity index (χ4v) is 1.13. The zero-order valence-electron chi connectivity index (χ0n) is 8.57. The lowest BCUT2D eigenvalue weighted by Crippen LogP contribution is -2.40. The average molecular weight is 201 g/mol. The second-order valence-corrected chi connectivity index (χ2v) is 4.30. The predicted molar refractivity (Wildman–Crippen MR) is 48.3 cm³/mol. The maximum Gasteiger partial charge on any atom is 0.323 e. The molecule has 1 heterocycles. The summed E-state index contributed by atoms with van der Waals surface area (Å²) in [4.78, 5) is 22.4. The number of ether oxygens (including phenoxy) is 2. The molecule has 1 aliphatic rings. The summed E-state index contributed by atoms with van der Waals surface area (Å²) in [5, 5.41) is 0. The van der Waals surface area contributed by atoms with Gasteiger partial charge in [-0.25, -0.2) is 0 Å². The fourth-order valence-electron chi connectivity index (χ4n) is 1.13. The van der Waals surface area contributed by atoms with E-state index in [4.69, 9.17) is 10.5 Å². The van der Waals surface area contributed by atoms with Gasteiger partial charge in [0.25, 0.3) is 0 Å². The van der Waals surface area contributed by atoms with E-state index in [1.54, 1.807) is 20.8 Å². The highest BCUT2D eigenvalue weighted by Gasteiger charge is 2.41. The Bertz CT molecular complexity index is 256. The largest absolute Gasteiger partial charge is 0.464 e. The third kappa shape index (κ3) is 2.45. The Morgan fingerprint density at radius 2 is 2.14 bits per heavy atom. The molecule has 0 unspecified atom stereocenters. The first-order chi connectivity index (χ1) is 6.31. The van der Waals surface area contributed by atoms with Crippen molar-refractivity contribution < 1.29 is 19.1 Å². The number of carbonyl (C=O) groups is 2. The lowest BCUT2D eigenvalue weighted by atomic mass is 10.0. The van der Waals surface area contributed by atoms with Gasteiger partial charge in [-0.15, -0.1) is 0 Å². The van der Waals surface area contributed by atoms with Gasteiger partial charge in [-0.3, -0.25) is 9.59 Å². The van der Waals surface area contributed by atoms with Crippen molar-refractivity contribution in [1.82, 2.24) is 0 Å². The van der Waals surface area contributed by atoms with Crippen LogP contribution < -0.4 is 5.73 Å². The van der Waals surface area contributed by atoms with Crippen molar-refractivity contribution >= 4 is 11.9 Å². The summed E-state index contributed by atoms with van der Waals surface area (Å²) in [6, 6.07) is -0.884. The van der Waals surface area contributed by atoms with Crippen molar-refractivity contribution in [3.05, 3.63) is 0 Å². The molecule has 0 aromatic carbocycles. The minimum Gasteiger partial charge on any atom is -0.464 e. The van der Waals surface area contributed by atoms with Crippen LogP contribution in [0.4, 0.5) is 0 Å². The van der Waals surface area contributed by atoms with Gasteiger partial charge in [0, 0.05) is 0 Å². The van der Waals surface area contributed by atoms with Crippen molar-refractivity contribution in [3.8, 4) is 0 Å². The summed E-state index contributed by atoms with van der Waals surface area (Å²) in [7, 11) is 0. The molecular weight excluding hydrogens is 186 g/mol. The SMILES string of the molecule is CC(C)(C)OC(=O)[C@@H]1COC(=O)[C@H]1N. The van der Waals surface area contributed by atoms with E-state index in [0.29, 0.717) is 0 Å². The second-order valence-electron chi connectivity index (χ2n) is 4.30. The number of carbonyl (C=O) groups excluding carboxylic acids is 2. The van der Waals surface area contributed by atoms with E-state index < -0.39 is 29.5 Å². The van der Waals surface area contributed by atoms with E-state index >= 15 is 0 Å². The van der Waals surface area contributed by atoms with Gasteiger partial charge in [0.2, 0.25) is 0 Å². The van der Waals surface area contributed by atoms with Gasteiger partial charge in [0.15, 0.2) is 0 Å². The second kappa shape index (κ2) is 3.57. The molecule has 1 fully saturated rings. The lowest BCUT2D eigenvalue weighted by Gasteiger charge is -2.22. The quantitative estimate of drug-likeness (QED) is 0.596. The lowest BCUT2D eigenvalue weighted by molar-refractivity contribution is -0.160. The van der Waals surface area contributed by atoms with Gasteiger partial charge in [0.05, 0.1) is 0 Å². The van der Waals surface area contributed by atoms with Crippen molar-refractivity contribution in [2.24, 2.45) is 11.7 Å². The Hall–Kier alpha value is -1.10. The van der Waals surface area contributed by atoms with Crippen LogP contribution in [0.5, 0.6) is 0 Å². The van der Waals surface area contributed by atoms with Crippen LogP contribution >= 0.6 is 0 Å². The first-order valence-electron chi connectivity index (χ1n) is 4.46. The molecule has 0 spiro atoms. The highest BCUT2D eigenvalue weighted by molar-refractivity contribution is 5.87. The molecule has 2 atom stereocenters. The van der Waals surface area contributed by atoms with Crippen LogP contribution in [0.25, 0.3) is 0 Å². The molecule has 80 valence electrons. The molecule has 1 saturated heterocycles. The molecule has 0 saturated carbocycles. The van der Waals surface area contributed by atoms with Crippen LogP contribution in [0.1, 0.15) is 20.8 Å². The summed E-state index contributed by atoms with van der Waals surface area (Å²) >= 11 is 0. The Morgan fingerprint density at radius 3 is 2.50 bits per heavy atom. The third-order valence-corrected chi connectivity index (χ3v) is 1.82. The van der Waals surface area contributed by atoms with Crippen LogP contribution in [-0.4, -0.2) is 30.2 Å². The summed E-state index contributed by atoms with van der Waals surface area (Å²) in [6.45, 7) is 5.30. The zero-order valence-corrected chi connectivity index (χ0v) is 8.57. The van der Waals surface area contributed by atoms with Crippen molar-refractivity contribution in [2.75, 3.05) is 6.61 Å². The summed E-state index contributed by atoms with van der Waals surface area (Å²) < 4.78 is 9.74. The Labute approximate surface area is 82.5 Å². The average Bonchev–Trinajstić information content (AvgIpc) is 2.29. The van der Waals surface area contributed by atoms with Gasteiger partial charge < -0.3 is 15.2 Å². The van der Waals surface area contributed by atoms with Crippen molar-refractivity contribution in [3.63, 3.8) is 0 Å². The van der Waals surface area contributed by atoms with E-state index in [2.05, 4.69) is 4.74 Å². The van der Waals surface area contributed by atoms with Crippen molar-refractivity contribution in [1.29, 1.82) is 0 Å². The van der Waals surface area contributed by atoms with Crippen LogP contribution in [-0.2, 0) is 19.1 Å². The minimum absolute atomic E-state index is 0.0227. The van der Waals surface area contributed by atoms with Crippen LogP contribution in [0, 0.1) is 5.92 Å². The molecule has 5 nitrogen and oxygen atoms in total. The molecule has 1 aliphatic heterocycles. The maximum atomic E-state index is 11.5. The van der Waals surface area contributed by atoms with Gasteiger partial charge in [0.1, 0.15) is 24.2 Å². The molecule has 2 N–H and O–H groups in total. The standard InChI is InChI=1S/C9H15NO4/c1-9(2,3)14-7(11)5-4-13-8(12)6(5)10/h5-6H,4,10H2,1-3H3/t5-,6+/m1/s1. The first-order valence-corrected chi connectivity index (χ1v) is 4.46. The monoisotopic (exact) mass is 201 g/mol. The van der Waals surface area contributed by atoms with E-state index in [1.165, 1.54) is 0 Å². The fraction of sp³-hybridized carbons (Fsp3) is 0.778. The van der Waals surface area contributed by atoms with Gasteiger partial charge in [-0.05, 0) is 20.8 Å². The van der Waals surface area contributed by atoms with E-state index in [9.17, 15) is 9.59 Å². The van der Waals surface area contributed by atoms with Crippen LogP contribution in [0.2, 0.25) is 0 Å². The Morgan fingerprint density at radius 1 is 1.57 bits per heavy atom. The summed E-state index contributed by atoms with van der Waals surface area (Å²) in [6.07, 6.45) is 0. The number of cyclic esters (lactones) is 1. The van der Waals surface area contributed by atoms with Gasteiger partial charge in [-0.1, -0.05) is 0 Å². The molecular formula is C9H15NO4. The molecule has 5 heteroatoms. The normalized spacial score (nSPS) is 27.3. The van der Waals surface area contributed by atoms with Gasteiger partial charge >= 0.3 is 11.9 Å². The molecule has 0 aliphatic carbocycles. The number of esters is 2. The molecule has 0 aromatic heterocycles. The molecule has 0 radical (unpaired) electrons. The smallest absolute Gasteiger partial charge is 0.323 e. The highest BCUT2D eigenvalue weighted by Crippen LogP contribution is 2.18. The molecule has 1 rings (SSSR count). The van der Waals surface area contributed by atoms with E-state index in [0.717, 1.165) is 0 Å². The van der Waals surface area contributed by atoms with Gasteiger partial charge in [-0.2, -0.15) is 0 Å². The number of hydrogen-bond donors (Lipinski definition) is 1. The van der Waals surface area contributed by atoms with E-state index in [1.807, 2.05) is 0 Å². The molecule has 14 heavy (non-hydrogen) atoms. The van der Waals surface area contributed by atoms with Crippen molar-refractivity contribution in [2.45, 2.75) is 32.4 Å². The summed E-state index contributed by atoms with van der Waals surface area (Å²) in [5.74, 6) is -1.68. The van der Waals surface area contributed by atoms with Crippen LogP contribution in [0.3, 0.4) is 0 Å². The zero-order chi connectivity index (χ0) is 10.9. The number of hydrogen-bond acceptors (Lipinski definition) is 5. The van der Waals surface area contributed by atoms with Crippen LogP contribution in [0.15, 0.2) is 0 Å². The predicted octanol–water partition coefficient (Wildman–Crippen LogP) is -0.172. The minimum atomic E-state index is -0.884. The summed E-state index contributed by atoms with van der Waals surface area (Å²) in [5.41, 5.74) is 4.90. The number of rotatable bonds is 1. The van der Waals surface area contributed by atoms with E-state index in [-0.39, 0.29) is 6.61 Å². The molecule has 0 bridgehead atoms. The first kappa shape index (κ1) is 11.0. The molecule has 0 amide bonds. The highest BCUT2D eigenvalue weighted by atomic mass is 16.6. The Balaban J connectivity index is 2.58. The number of nitrogens with two attached hydrogens (primary N) is 1. The topological polar surface area (TPSA) is 78.6 Å².